The zero-order valence-electron chi connectivity index (χ0n) is 8.40. The molecule has 0 aromatic carbocycles. The molecule has 0 aromatic rings. The van der Waals surface area contributed by atoms with Gasteiger partial charge in [0.05, 0.1) is 5.41 Å². The molecule has 0 radical (unpaired) electrons. The van der Waals surface area contributed by atoms with Crippen molar-refractivity contribution in [3.63, 3.8) is 0 Å². The molecule has 1 atom stereocenters. The van der Waals surface area contributed by atoms with Crippen molar-refractivity contribution in [1.82, 2.24) is 10.9 Å². The highest BCUT2D eigenvalue weighted by Gasteiger charge is 2.62. The van der Waals surface area contributed by atoms with Gasteiger partial charge < -0.3 is 4.74 Å². The van der Waals surface area contributed by atoms with Gasteiger partial charge in [-0.2, -0.15) is 17.6 Å². The fourth-order valence-electron chi connectivity index (χ4n) is 1.65. The Morgan fingerprint density at radius 1 is 1.44 bits per heavy atom. The highest BCUT2D eigenvalue weighted by atomic mass is 19.4. The molecule has 0 spiro atoms. The van der Waals surface area contributed by atoms with Crippen molar-refractivity contribution in [3.8, 4) is 0 Å². The molecule has 1 heterocycles. The second-order valence-electron chi connectivity index (χ2n) is 4.10. The number of rotatable bonds is 4. The van der Waals surface area contributed by atoms with Gasteiger partial charge in [0.15, 0.2) is 0 Å². The van der Waals surface area contributed by atoms with Crippen molar-refractivity contribution in [2.45, 2.75) is 31.7 Å². The van der Waals surface area contributed by atoms with E-state index in [0.29, 0.717) is 0 Å². The van der Waals surface area contributed by atoms with Gasteiger partial charge >= 0.3 is 6.18 Å². The average Bonchev–Trinajstić information content (AvgIpc) is 2.85. The fourth-order valence-corrected chi connectivity index (χ4v) is 1.65. The molecule has 16 heavy (non-hydrogen) atoms. The summed E-state index contributed by atoms with van der Waals surface area (Å²) in [5.41, 5.74) is 3.04. The summed E-state index contributed by atoms with van der Waals surface area (Å²) >= 11 is 0. The van der Waals surface area contributed by atoms with Crippen LogP contribution >= 0.6 is 0 Å². The molecule has 0 saturated heterocycles. The third-order valence-electron chi connectivity index (χ3n) is 2.96. The molecule has 0 aromatic heterocycles. The summed E-state index contributed by atoms with van der Waals surface area (Å²) in [7, 11) is 0. The molecule has 1 aliphatic heterocycles. The van der Waals surface area contributed by atoms with Gasteiger partial charge in [-0.05, 0) is 19.3 Å². The van der Waals surface area contributed by atoms with Crippen LogP contribution in [0.15, 0.2) is 12.0 Å². The van der Waals surface area contributed by atoms with Crippen LogP contribution in [-0.2, 0) is 4.74 Å². The van der Waals surface area contributed by atoms with E-state index in [9.17, 15) is 17.6 Å². The van der Waals surface area contributed by atoms with Crippen molar-refractivity contribution in [1.29, 1.82) is 0 Å². The van der Waals surface area contributed by atoms with Crippen LogP contribution in [0.25, 0.3) is 0 Å². The third-order valence-corrected chi connectivity index (χ3v) is 2.96. The van der Waals surface area contributed by atoms with Crippen LogP contribution in [0.2, 0.25) is 0 Å². The van der Waals surface area contributed by atoms with E-state index in [-0.39, 0.29) is 25.9 Å². The van der Waals surface area contributed by atoms with Gasteiger partial charge in [0.25, 0.3) is 0 Å². The molecule has 92 valence electrons. The Morgan fingerprint density at radius 2 is 2.12 bits per heavy atom. The van der Waals surface area contributed by atoms with Crippen LogP contribution in [0.1, 0.15) is 19.3 Å². The summed E-state index contributed by atoms with van der Waals surface area (Å²) in [5.74, 6) is -0.582. The number of hydrogen-bond acceptors (Lipinski definition) is 3. The van der Waals surface area contributed by atoms with Gasteiger partial charge in [-0.3, -0.25) is 5.43 Å². The van der Waals surface area contributed by atoms with Crippen molar-refractivity contribution in [2.24, 2.45) is 5.41 Å². The lowest BCUT2D eigenvalue weighted by Gasteiger charge is -2.19. The maximum atomic E-state index is 12.5. The highest BCUT2D eigenvalue weighted by Crippen LogP contribution is 2.59. The van der Waals surface area contributed by atoms with Gasteiger partial charge in [0, 0.05) is 12.7 Å². The minimum Gasteiger partial charge on any atom is -0.358 e. The average molecular weight is 240 g/mol. The Kier molecular flexibility index (Phi) is 2.83. The van der Waals surface area contributed by atoms with E-state index in [0.717, 1.165) is 6.08 Å². The maximum absolute atomic E-state index is 12.5. The first kappa shape index (κ1) is 11.7. The second kappa shape index (κ2) is 3.89. The molecule has 2 aliphatic rings. The van der Waals surface area contributed by atoms with E-state index in [1.807, 2.05) is 0 Å². The first-order chi connectivity index (χ1) is 7.43. The molecule has 0 amide bonds. The molecule has 3 nitrogen and oxygen atoms in total. The summed E-state index contributed by atoms with van der Waals surface area (Å²) in [6.45, 7) is -0.0391. The Labute approximate surface area is 89.8 Å². The SMILES string of the molecule is FC1=CC(OCCC2(C(F)(F)F)CC2)NN1. The Balaban J connectivity index is 1.73. The lowest BCUT2D eigenvalue weighted by Crippen LogP contribution is -2.34. The monoisotopic (exact) mass is 240 g/mol. The van der Waals surface area contributed by atoms with E-state index < -0.39 is 23.8 Å². The molecular formula is C9H12F4N2O. The van der Waals surface area contributed by atoms with Gasteiger partial charge in [0.2, 0.25) is 5.95 Å². The summed E-state index contributed by atoms with van der Waals surface area (Å²) in [5, 5.41) is 0. The van der Waals surface area contributed by atoms with Crippen molar-refractivity contribution in [2.75, 3.05) is 6.61 Å². The summed E-state index contributed by atoms with van der Waals surface area (Å²) in [6.07, 6.45) is -3.44. The predicted octanol–water partition coefficient (Wildman–Crippen LogP) is 1.98. The van der Waals surface area contributed by atoms with Crippen LogP contribution in [-0.4, -0.2) is 19.0 Å². The largest absolute Gasteiger partial charge is 0.394 e. The van der Waals surface area contributed by atoms with Gasteiger partial charge in [-0.25, -0.2) is 5.43 Å². The Bertz CT molecular complexity index is 298. The van der Waals surface area contributed by atoms with Crippen LogP contribution in [0.4, 0.5) is 17.6 Å². The number of hydrogen-bond donors (Lipinski definition) is 2. The second-order valence-corrected chi connectivity index (χ2v) is 4.10. The van der Waals surface area contributed by atoms with Crippen molar-refractivity contribution in [3.05, 3.63) is 12.0 Å². The third kappa shape index (κ3) is 2.30. The summed E-state index contributed by atoms with van der Waals surface area (Å²) in [6, 6.07) is 0. The quantitative estimate of drug-likeness (QED) is 0.582. The molecule has 1 aliphatic carbocycles. The van der Waals surface area contributed by atoms with E-state index in [1.54, 1.807) is 0 Å². The predicted molar refractivity (Wildman–Crippen MR) is 47.5 cm³/mol. The van der Waals surface area contributed by atoms with E-state index in [1.165, 1.54) is 0 Å². The highest BCUT2D eigenvalue weighted by molar-refractivity contribution is 5.00. The van der Waals surface area contributed by atoms with Crippen molar-refractivity contribution >= 4 is 0 Å². The topological polar surface area (TPSA) is 33.3 Å². The number of hydrazine groups is 1. The first-order valence-electron chi connectivity index (χ1n) is 5.00. The molecule has 2 rings (SSSR count). The van der Waals surface area contributed by atoms with Crippen LogP contribution in [0.5, 0.6) is 0 Å². The maximum Gasteiger partial charge on any atom is 0.394 e. The van der Waals surface area contributed by atoms with E-state index in [4.69, 9.17) is 4.74 Å². The summed E-state index contributed by atoms with van der Waals surface area (Å²) in [4.78, 5) is 0. The van der Waals surface area contributed by atoms with Crippen LogP contribution in [0, 0.1) is 5.41 Å². The molecule has 1 saturated carbocycles. The van der Waals surface area contributed by atoms with Crippen molar-refractivity contribution < 1.29 is 22.3 Å². The minimum absolute atomic E-state index is 0.0391. The van der Waals surface area contributed by atoms with Gasteiger partial charge in [-0.1, -0.05) is 0 Å². The smallest absolute Gasteiger partial charge is 0.358 e. The fraction of sp³-hybridized carbons (Fsp3) is 0.778. The number of ether oxygens (including phenoxy) is 1. The molecule has 2 N–H and O–H groups in total. The molecule has 7 heteroatoms. The van der Waals surface area contributed by atoms with Gasteiger partial charge in [0.1, 0.15) is 6.23 Å². The van der Waals surface area contributed by atoms with Gasteiger partial charge in [-0.15, -0.1) is 0 Å². The number of nitrogens with one attached hydrogen (secondary N) is 2. The lowest BCUT2D eigenvalue weighted by molar-refractivity contribution is -0.192. The van der Waals surface area contributed by atoms with E-state index in [2.05, 4.69) is 10.9 Å². The Hall–Kier alpha value is -0.820. The Morgan fingerprint density at radius 3 is 2.56 bits per heavy atom. The van der Waals surface area contributed by atoms with E-state index >= 15 is 0 Å². The zero-order valence-corrected chi connectivity index (χ0v) is 8.40. The first-order valence-corrected chi connectivity index (χ1v) is 5.00. The molecule has 0 bridgehead atoms. The molecule has 1 fully saturated rings. The normalized spacial score (nSPS) is 27.5. The zero-order chi connectivity index (χ0) is 11.8. The lowest BCUT2D eigenvalue weighted by atomic mass is 10.0. The standard InChI is InChI=1S/C9H12F4N2O/c10-6-5-7(15-14-6)16-4-3-8(1-2-8)9(11,12)13/h5,7,14-15H,1-4H2. The number of halogens is 4. The molecule has 1 unspecified atom stereocenters. The minimum atomic E-state index is -4.15. The summed E-state index contributed by atoms with van der Waals surface area (Å²) < 4.78 is 55.0. The van der Waals surface area contributed by atoms with Crippen LogP contribution in [0.3, 0.4) is 0 Å². The molecular weight excluding hydrogens is 228 g/mol. The number of alkyl halides is 3. The van der Waals surface area contributed by atoms with Crippen LogP contribution < -0.4 is 10.9 Å².